The molecule has 2 rings (SSSR count). The van der Waals surface area contributed by atoms with Crippen molar-refractivity contribution in [3.63, 3.8) is 0 Å². The van der Waals surface area contributed by atoms with Gasteiger partial charge in [-0.05, 0) is 25.0 Å². The number of hydrogen-bond donors (Lipinski definition) is 1. The van der Waals surface area contributed by atoms with Crippen LogP contribution in [0.25, 0.3) is 0 Å². The number of aromatic nitrogens is 2. The fraction of sp³-hybridized carbons (Fsp3) is 0.385. The van der Waals surface area contributed by atoms with Gasteiger partial charge in [-0.3, -0.25) is 0 Å². The Kier molecular flexibility index (Phi) is 4.30. The Morgan fingerprint density at radius 2 is 2.11 bits per heavy atom. The smallest absolute Gasteiger partial charge is 0.227 e. The Hall–Kier alpha value is -1.88. The molecule has 1 heterocycles. The fourth-order valence-corrected chi connectivity index (χ4v) is 1.65. The van der Waals surface area contributed by atoms with Crippen molar-refractivity contribution in [2.24, 2.45) is 0 Å². The summed E-state index contributed by atoms with van der Waals surface area (Å²) in [5.74, 6) is 1.21. The van der Waals surface area contributed by atoms with Gasteiger partial charge in [0.15, 0.2) is 5.82 Å². The van der Waals surface area contributed by atoms with E-state index in [4.69, 9.17) is 15.0 Å². The van der Waals surface area contributed by atoms with Gasteiger partial charge >= 0.3 is 0 Å². The first-order valence-corrected chi connectivity index (χ1v) is 6.02. The summed E-state index contributed by atoms with van der Waals surface area (Å²) in [5.41, 5.74) is 7.77. The summed E-state index contributed by atoms with van der Waals surface area (Å²) < 4.78 is 10.4. The van der Waals surface area contributed by atoms with Gasteiger partial charge in [-0.15, -0.1) is 0 Å². The van der Waals surface area contributed by atoms with Crippen LogP contribution in [0.4, 0.5) is 5.69 Å². The molecular weight excluding hydrogens is 230 g/mol. The van der Waals surface area contributed by atoms with E-state index >= 15 is 0 Å². The average Bonchev–Trinajstić information content (AvgIpc) is 2.83. The van der Waals surface area contributed by atoms with E-state index in [0.717, 1.165) is 17.7 Å². The van der Waals surface area contributed by atoms with Crippen LogP contribution in [0, 0.1) is 0 Å². The highest BCUT2D eigenvalue weighted by molar-refractivity contribution is 5.46. The van der Waals surface area contributed by atoms with Crippen molar-refractivity contribution < 1.29 is 9.26 Å². The predicted molar refractivity (Wildman–Crippen MR) is 67.9 cm³/mol. The molecule has 1 aromatic heterocycles. The fourth-order valence-electron chi connectivity index (χ4n) is 1.65. The molecule has 0 bridgehead atoms. The van der Waals surface area contributed by atoms with E-state index in [9.17, 15) is 0 Å². The summed E-state index contributed by atoms with van der Waals surface area (Å²) >= 11 is 0. The van der Waals surface area contributed by atoms with Crippen LogP contribution in [0.1, 0.15) is 24.2 Å². The molecule has 2 N–H and O–H groups in total. The molecule has 0 amide bonds. The SMILES string of the molecule is CCOCc1noc(CCc2ccccc2N)n1. The molecule has 0 fully saturated rings. The summed E-state index contributed by atoms with van der Waals surface area (Å²) in [7, 11) is 0. The summed E-state index contributed by atoms with van der Waals surface area (Å²) in [5, 5.41) is 3.85. The molecule has 0 saturated heterocycles. The number of nitrogen functional groups attached to an aromatic ring is 1. The molecule has 0 unspecified atom stereocenters. The summed E-state index contributed by atoms with van der Waals surface area (Å²) in [4.78, 5) is 4.25. The molecule has 0 radical (unpaired) electrons. The number of benzene rings is 1. The van der Waals surface area contributed by atoms with E-state index in [2.05, 4.69) is 10.1 Å². The second kappa shape index (κ2) is 6.16. The number of nitrogens with zero attached hydrogens (tertiary/aromatic N) is 2. The zero-order chi connectivity index (χ0) is 12.8. The largest absolute Gasteiger partial charge is 0.399 e. The molecule has 2 aromatic rings. The van der Waals surface area contributed by atoms with Crippen LogP contribution in [0.5, 0.6) is 0 Å². The molecular formula is C13H17N3O2. The number of anilines is 1. The predicted octanol–water partition coefficient (Wildman–Crippen LogP) is 1.97. The molecule has 96 valence electrons. The third-order valence-electron chi connectivity index (χ3n) is 2.61. The molecule has 5 nitrogen and oxygen atoms in total. The van der Waals surface area contributed by atoms with Gasteiger partial charge in [0.05, 0.1) is 0 Å². The van der Waals surface area contributed by atoms with Crippen molar-refractivity contribution >= 4 is 5.69 Å². The highest BCUT2D eigenvalue weighted by Crippen LogP contribution is 2.13. The molecule has 5 heteroatoms. The lowest BCUT2D eigenvalue weighted by atomic mass is 10.1. The number of hydrogen-bond acceptors (Lipinski definition) is 5. The van der Waals surface area contributed by atoms with Crippen LogP contribution in [0.3, 0.4) is 0 Å². The minimum Gasteiger partial charge on any atom is -0.399 e. The Bertz CT molecular complexity index is 496. The minimum atomic E-state index is 0.396. The van der Waals surface area contributed by atoms with Crippen molar-refractivity contribution in [1.29, 1.82) is 0 Å². The zero-order valence-electron chi connectivity index (χ0n) is 10.4. The number of aryl methyl sites for hydroxylation is 2. The van der Waals surface area contributed by atoms with E-state index in [1.165, 1.54) is 0 Å². The van der Waals surface area contributed by atoms with Crippen molar-refractivity contribution in [1.82, 2.24) is 10.1 Å². The monoisotopic (exact) mass is 247 g/mol. The van der Waals surface area contributed by atoms with Gasteiger partial charge in [0.1, 0.15) is 6.61 Å². The van der Waals surface area contributed by atoms with Crippen LogP contribution in [-0.2, 0) is 24.2 Å². The maximum Gasteiger partial charge on any atom is 0.227 e. The normalized spacial score (nSPS) is 10.7. The lowest BCUT2D eigenvalue weighted by molar-refractivity contribution is 0.126. The van der Waals surface area contributed by atoms with Gasteiger partial charge in [-0.1, -0.05) is 23.4 Å². The maximum absolute atomic E-state index is 5.87. The highest BCUT2D eigenvalue weighted by atomic mass is 16.5. The first kappa shape index (κ1) is 12.6. The van der Waals surface area contributed by atoms with Crippen molar-refractivity contribution in [2.45, 2.75) is 26.4 Å². The van der Waals surface area contributed by atoms with E-state index < -0.39 is 0 Å². The van der Waals surface area contributed by atoms with E-state index in [-0.39, 0.29) is 0 Å². The van der Waals surface area contributed by atoms with Crippen LogP contribution >= 0.6 is 0 Å². The van der Waals surface area contributed by atoms with Gasteiger partial charge in [0.2, 0.25) is 5.89 Å². The number of nitrogens with two attached hydrogens (primary N) is 1. The van der Waals surface area contributed by atoms with Gasteiger partial charge < -0.3 is 15.0 Å². The first-order chi connectivity index (χ1) is 8.79. The van der Waals surface area contributed by atoms with Crippen LogP contribution < -0.4 is 5.73 Å². The van der Waals surface area contributed by atoms with Crippen LogP contribution in [0.15, 0.2) is 28.8 Å². The Labute approximate surface area is 106 Å². The standard InChI is InChI=1S/C13H17N3O2/c1-2-17-9-12-15-13(18-16-12)8-7-10-5-3-4-6-11(10)14/h3-6H,2,7-9,14H2,1H3. The van der Waals surface area contributed by atoms with Crippen molar-refractivity contribution in [3.8, 4) is 0 Å². The number of ether oxygens (including phenoxy) is 1. The zero-order valence-corrected chi connectivity index (χ0v) is 10.4. The second-order valence-corrected chi connectivity index (χ2v) is 3.94. The lowest BCUT2D eigenvalue weighted by Gasteiger charge is -2.02. The molecule has 0 aliphatic rings. The summed E-state index contributed by atoms with van der Waals surface area (Å²) in [6, 6.07) is 7.79. The topological polar surface area (TPSA) is 74.2 Å². The Morgan fingerprint density at radius 3 is 2.89 bits per heavy atom. The van der Waals surface area contributed by atoms with Gasteiger partial charge in [-0.2, -0.15) is 4.98 Å². The number of rotatable bonds is 6. The molecule has 0 saturated carbocycles. The van der Waals surface area contributed by atoms with E-state index in [0.29, 0.717) is 31.3 Å². The molecule has 0 aliphatic carbocycles. The number of para-hydroxylation sites is 1. The van der Waals surface area contributed by atoms with Gasteiger partial charge in [0, 0.05) is 18.7 Å². The van der Waals surface area contributed by atoms with Gasteiger partial charge in [-0.25, -0.2) is 0 Å². The molecule has 0 atom stereocenters. The summed E-state index contributed by atoms with van der Waals surface area (Å²) in [6.45, 7) is 2.97. The molecule has 18 heavy (non-hydrogen) atoms. The highest BCUT2D eigenvalue weighted by Gasteiger charge is 2.07. The minimum absolute atomic E-state index is 0.396. The molecule has 0 aliphatic heterocycles. The maximum atomic E-state index is 5.87. The van der Waals surface area contributed by atoms with Gasteiger partial charge in [0.25, 0.3) is 0 Å². The molecule has 1 aromatic carbocycles. The first-order valence-electron chi connectivity index (χ1n) is 6.02. The van der Waals surface area contributed by atoms with Crippen LogP contribution in [-0.4, -0.2) is 16.7 Å². The Morgan fingerprint density at radius 1 is 1.28 bits per heavy atom. The quantitative estimate of drug-likeness (QED) is 0.790. The molecule has 0 spiro atoms. The average molecular weight is 247 g/mol. The van der Waals surface area contributed by atoms with Crippen LogP contribution in [0.2, 0.25) is 0 Å². The van der Waals surface area contributed by atoms with E-state index in [1.54, 1.807) is 0 Å². The second-order valence-electron chi connectivity index (χ2n) is 3.94. The Balaban J connectivity index is 1.90. The lowest BCUT2D eigenvalue weighted by Crippen LogP contribution is -1.98. The summed E-state index contributed by atoms with van der Waals surface area (Å²) in [6.07, 6.45) is 1.48. The van der Waals surface area contributed by atoms with Crippen molar-refractivity contribution in [3.05, 3.63) is 41.5 Å². The van der Waals surface area contributed by atoms with Crippen molar-refractivity contribution in [2.75, 3.05) is 12.3 Å². The van der Waals surface area contributed by atoms with E-state index in [1.807, 2.05) is 31.2 Å². The third kappa shape index (κ3) is 3.30. The third-order valence-corrected chi connectivity index (χ3v) is 2.61.